The number of benzene rings is 1. The van der Waals surface area contributed by atoms with Crippen LogP contribution in [0.5, 0.6) is 0 Å². The Morgan fingerprint density at radius 3 is 3.05 bits per heavy atom. The second-order valence-electron chi connectivity index (χ2n) is 5.46. The fourth-order valence-electron chi connectivity index (χ4n) is 2.23. The summed E-state index contributed by atoms with van der Waals surface area (Å²) in [5, 5.41) is 6.00. The molecule has 0 saturated carbocycles. The molecule has 3 rings (SSSR count). The van der Waals surface area contributed by atoms with E-state index in [1.807, 2.05) is 32.0 Å². The van der Waals surface area contributed by atoms with Crippen molar-refractivity contribution in [2.75, 3.05) is 25.1 Å². The van der Waals surface area contributed by atoms with Crippen LogP contribution >= 0.6 is 0 Å². The van der Waals surface area contributed by atoms with Crippen LogP contribution in [-0.2, 0) is 9.53 Å². The summed E-state index contributed by atoms with van der Waals surface area (Å²) in [6.45, 7) is 5.80. The Hall–Kier alpha value is -1.92. The number of morpholine rings is 1. The van der Waals surface area contributed by atoms with E-state index in [1.165, 1.54) is 0 Å². The van der Waals surface area contributed by atoms with E-state index in [-0.39, 0.29) is 17.9 Å². The van der Waals surface area contributed by atoms with Crippen LogP contribution in [0.2, 0.25) is 0 Å². The zero-order valence-electron chi connectivity index (χ0n) is 12.2. The van der Waals surface area contributed by atoms with E-state index in [0.717, 1.165) is 11.1 Å². The van der Waals surface area contributed by atoms with Crippen molar-refractivity contribution in [3.05, 3.63) is 24.1 Å². The van der Waals surface area contributed by atoms with Gasteiger partial charge in [0.05, 0.1) is 13.2 Å². The first-order chi connectivity index (χ1) is 10.1. The molecule has 0 spiro atoms. The van der Waals surface area contributed by atoms with Crippen molar-refractivity contribution in [1.29, 1.82) is 0 Å². The lowest BCUT2D eigenvalue weighted by atomic mass is 10.2. The van der Waals surface area contributed by atoms with Gasteiger partial charge >= 0.3 is 0 Å². The van der Waals surface area contributed by atoms with Crippen LogP contribution in [0.15, 0.2) is 22.6 Å². The molecule has 1 atom stereocenters. The first-order valence-electron chi connectivity index (χ1n) is 7.16. The van der Waals surface area contributed by atoms with Gasteiger partial charge in [0.15, 0.2) is 11.5 Å². The van der Waals surface area contributed by atoms with E-state index >= 15 is 0 Å². The predicted octanol–water partition coefficient (Wildman–Crippen LogP) is 1.88. The number of carbonyl (C=O) groups excluding carboxylic acids is 1. The van der Waals surface area contributed by atoms with E-state index in [0.29, 0.717) is 31.3 Å². The summed E-state index contributed by atoms with van der Waals surface area (Å²) in [6.07, 6.45) is 0. The summed E-state index contributed by atoms with van der Waals surface area (Å²) >= 11 is 0. The molecule has 1 amide bonds. The number of nitrogens with one attached hydrogen (secondary N) is 2. The van der Waals surface area contributed by atoms with Crippen molar-refractivity contribution in [1.82, 2.24) is 10.3 Å². The Morgan fingerprint density at radius 1 is 1.48 bits per heavy atom. The first kappa shape index (κ1) is 14.0. The minimum atomic E-state index is -0.307. The Labute approximate surface area is 122 Å². The van der Waals surface area contributed by atoms with Gasteiger partial charge in [-0.15, -0.1) is 0 Å². The summed E-state index contributed by atoms with van der Waals surface area (Å²) in [5.74, 6) is 0.844. The molecule has 2 N–H and O–H groups in total. The SMILES string of the molecule is CC(C)c1nc2cc(NC(=O)C3COCCN3)ccc2o1. The highest BCUT2D eigenvalue weighted by molar-refractivity contribution is 5.96. The van der Waals surface area contributed by atoms with E-state index in [4.69, 9.17) is 9.15 Å². The van der Waals surface area contributed by atoms with E-state index in [2.05, 4.69) is 15.6 Å². The molecule has 1 fully saturated rings. The Balaban J connectivity index is 1.75. The minimum absolute atomic E-state index is 0.0957. The van der Waals surface area contributed by atoms with Crippen LogP contribution in [0.4, 0.5) is 5.69 Å². The zero-order chi connectivity index (χ0) is 14.8. The minimum Gasteiger partial charge on any atom is -0.440 e. The molecule has 1 aliphatic heterocycles. The molecular formula is C15H19N3O3. The highest BCUT2D eigenvalue weighted by atomic mass is 16.5. The van der Waals surface area contributed by atoms with Crippen LogP contribution in [0.3, 0.4) is 0 Å². The van der Waals surface area contributed by atoms with Crippen molar-refractivity contribution >= 4 is 22.7 Å². The van der Waals surface area contributed by atoms with Crippen molar-refractivity contribution in [3.8, 4) is 0 Å². The highest BCUT2D eigenvalue weighted by Gasteiger charge is 2.21. The number of aromatic nitrogens is 1. The number of rotatable bonds is 3. The highest BCUT2D eigenvalue weighted by Crippen LogP contribution is 2.23. The van der Waals surface area contributed by atoms with Crippen LogP contribution in [-0.4, -0.2) is 36.7 Å². The molecule has 1 saturated heterocycles. The largest absolute Gasteiger partial charge is 0.440 e. The second kappa shape index (κ2) is 5.83. The molecular weight excluding hydrogens is 270 g/mol. The van der Waals surface area contributed by atoms with E-state index in [1.54, 1.807) is 0 Å². The van der Waals surface area contributed by atoms with Crippen LogP contribution in [0, 0.1) is 0 Å². The molecule has 2 heterocycles. The predicted molar refractivity (Wildman–Crippen MR) is 79.3 cm³/mol. The number of carbonyl (C=O) groups is 1. The molecule has 1 aliphatic rings. The number of anilines is 1. The number of oxazole rings is 1. The van der Waals surface area contributed by atoms with Gasteiger partial charge < -0.3 is 19.8 Å². The Kier molecular flexibility index (Phi) is 3.90. The van der Waals surface area contributed by atoms with E-state index < -0.39 is 0 Å². The molecule has 0 radical (unpaired) electrons. The topological polar surface area (TPSA) is 76.4 Å². The van der Waals surface area contributed by atoms with E-state index in [9.17, 15) is 4.79 Å². The van der Waals surface area contributed by atoms with Gasteiger partial charge in [0.25, 0.3) is 0 Å². The summed E-state index contributed by atoms with van der Waals surface area (Å²) in [6, 6.07) is 5.16. The van der Waals surface area contributed by atoms with Gasteiger partial charge in [-0.3, -0.25) is 4.79 Å². The van der Waals surface area contributed by atoms with Crippen molar-refractivity contribution in [3.63, 3.8) is 0 Å². The molecule has 2 aromatic rings. The lowest BCUT2D eigenvalue weighted by Crippen LogP contribution is -2.48. The number of hydrogen-bond donors (Lipinski definition) is 2. The molecule has 6 nitrogen and oxygen atoms in total. The number of hydrogen-bond acceptors (Lipinski definition) is 5. The van der Waals surface area contributed by atoms with Gasteiger partial charge in [-0.1, -0.05) is 13.8 Å². The van der Waals surface area contributed by atoms with Crippen LogP contribution in [0.25, 0.3) is 11.1 Å². The quantitative estimate of drug-likeness (QED) is 0.902. The third-order valence-electron chi connectivity index (χ3n) is 3.40. The van der Waals surface area contributed by atoms with Gasteiger partial charge in [-0.2, -0.15) is 0 Å². The van der Waals surface area contributed by atoms with Gasteiger partial charge in [-0.05, 0) is 18.2 Å². The summed E-state index contributed by atoms with van der Waals surface area (Å²) in [7, 11) is 0. The maximum atomic E-state index is 12.1. The van der Waals surface area contributed by atoms with Gasteiger partial charge in [0, 0.05) is 18.2 Å². The molecule has 6 heteroatoms. The maximum absolute atomic E-state index is 12.1. The molecule has 1 unspecified atom stereocenters. The summed E-state index contributed by atoms with van der Waals surface area (Å²) < 4.78 is 10.9. The van der Waals surface area contributed by atoms with Gasteiger partial charge in [-0.25, -0.2) is 4.98 Å². The van der Waals surface area contributed by atoms with Crippen molar-refractivity contribution < 1.29 is 13.9 Å². The summed E-state index contributed by atoms with van der Waals surface area (Å²) in [5.41, 5.74) is 2.20. The molecule has 1 aromatic heterocycles. The third-order valence-corrected chi connectivity index (χ3v) is 3.40. The number of fused-ring (bicyclic) bond motifs is 1. The normalized spacial score (nSPS) is 19.1. The molecule has 21 heavy (non-hydrogen) atoms. The number of ether oxygens (including phenoxy) is 1. The van der Waals surface area contributed by atoms with Crippen molar-refractivity contribution in [2.24, 2.45) is 0 Å². The first-order valence-corrected chi connectivity index (χ1v) is 7.16. The summed E-state index contributed by atoms with van der Waals surface area (Å²) in [4.78, 5) is 16.6. The van der Waals surface area contributed by atoms with Crippen LogP contribution in [0.1, 0.15) is 25.7 Å². The second-order valence-corrected chi connectivity index (χ2v) is 5.46. The smallest absolute Gasteiger partial charge is 0.243 e. The maximum Gasteiger partial charge on any atom is 0.243 e. The average molecular weight is 289 g/mol. The van der Waals surface area contributed by atoms with Crippen LogP contribution < -0.4 is 10.6 Å². The average Bonchev–Trinajstić information content (AvgIpc) is 2.91. The monoisotopic (exact) mass is 289 g/mol. The molecule has 0 bridgehead atoms. The van der Waals surface area contributed by atoms with Gasteiger partial charge in [0.2, 0.25) is 5.91 Å². The van der Waals surface area contributed by atoms with Gasteiger partial charge in [0.1, 0.15) is 11.6 Å². The molecule has 1 aromatic carbocycles. The molecule has 0 aliphatic carbocycles. The third kappa shape index (κ3) is 3.06. The number of nitrogens with zero attached hydrogens (tertiary/aromatic N) is 1. The van der Waals surface area contributed by atoms with Crippen molar-refractivity contribution in [2.45, 2.75) is 25.8 Å². The zero-order valence-corrected chi connectivity index (χ0v) is 12.2. The lowest BCUT2D eigenvalue weighted by molar-refractivity contribution is -0.120. The molecule has 112 valence electrons. The Bertz CT molecular complexity index is 645. The fraction of sp³-hybridized carbons (Fsp3) is 0.467. The Morgan fingerprint density at radius 2 is 2.33 bits per heavy atom. The lowest BCUT2D eigenvalue weighted by Gasteiger charge is -2.22. The standard InChI is InChI=1S/C15H19N3O3/c1-9(2)15-18-11-7-10(3-4-13(11)21-15)17-14(19)12-8-20-6-5-16-12/h3-4,7,9,12,16H,5-6,8H2,1-2H3,(H,17,19). The number of amides is 1. The fourth-order valence-corrected chi connectivity index (χ4v) is 2.23.